The molecule has 1 aliphatic rings. The minimum Gasteiger partial charge on any atom is -0.491 e. The van der Waals surface area contributed by atoms with Crippen molar-refractivity contribution in [2.45, 2.75) is 26.1 Å². The van der Waals surface area contributed by atoms with E-state index in [1.807, 2.05) is 13.8 Å². The number of carbonyl (C=O) groups is 2. The molecule has 0 bridgehead atoms. The summed E-state index contributed by atoms with van der Waals surface area (Å²) < 4.78 is 11.5. The van der Waals surface area contributed by atoms with Gasteiger partial charge in [-0.25, -0.2) is 4.79 Å². The Labute approximate surface area is 137 Å². The molecule has 22 heavy (non-hydrogen) atoms. The highest BCUT2D eigenvalue weighted by molar-refractivity contribution is 9.10. The van der Waals surface area contributed by atoms with Gasteiger partial charge in [0, 0.05) is 16.6 Å². The summed E-state index contributed by atoms with van der Waals surface area (Å²) in [6, 6.07) is 5.15. The summed E-state index contributed by atoms with van der Waals surface area (Å²) >= 11 is 3.36. The predicted molar refractivity (Wildman–Crippen MR) is 83.2 cm³/mol. The van der Waals surface area contributed by atoms with Crippen molar-refractivity contribution in [3.63, 3.8) is 0 Å². The van der Waals surface area contributed by atoms with E-state index in [-0.39, 0.29) is 25.2 Å². The quantitative estimate of drug-likeness (QED) is 0.877. The third kappa shape index (κ3) is 4.20. The van der Waals surface area contributed by atoms with Crippen LogP contribution in [0.2, 0.25) is 0 Å². The number of hydrogen-bond acceptors (Lipinski definition) is 4. The molecule has 0 radical (unpaired) electrons. The number of carboxylic acid groups (broad SMARTS) is 1. The molecular formula is C15H18BrNO5. The van der Waals surface area contributed by atoms with Crippen molar-refractivity contribution < 1.29 is 24.2 Å². The maximum Gasteiger partial charge on any atom is 0.334 e. The number of benzene rings is 1. The smallest absolute Gasteiger partial charge is 0.334 e. The normalized spacial score (nSPS) is 18.4. The highest BCUT2D eigenvalue weighted by Gasteiger charge is 2.29. The second-order valence-electron chi connectivity index (χ2n) is 5.29. The molecule has 1 saturated heterocycles. The summed E-state index contributed by atoms with van der Waals surface area (Å²) in [6.45, 7) is 4.44. The summed E-state index contributed by atoms with van der Waals surface area (Å²) in [6.07, 6.45) is -0.978. The Bertz CT molecular complexity index is 575. The van der Waals surface area contributed by atoms with Crippen LogP contribution in [0.25, 0.3) is 0 Å². The van der Waals surface area contributed by atoms with E-state index in [1.54, 1.807) is 18.2 Å². The molecule has 1 heterocycles. The van der Waals surface area contributed by atoms with Gasteiger partial charge in [-0.05, 0) is 32.0 Å². The molecule has 1 aromatic carbocycles. The van der Waals surface area contributed by atoms with E-state index in [4.69, 9.17) is 14.6 Å². The molecule has 6 nitrogen and oxygen atoms in total. The number of morpholine rings is 1. The fourth-order valence-electron chi connectivity index (χ4n) is 2.19. The Hall–Kier alpha value is -1.60. The second-order valence-corrected chi connectivity index (χ2v) is 6.21. The maximum absolute atomic E-state index is 12.6. The van der Waals surface area contributed by atoms with E-state index in [2.05, 4.69) is 15.9 Å². The first kappa shape index (κ1) is 16.8. The topological polar surface area (TPSA) is 76.1 Å². The number of hydrogen-bond donors (Lipinski definition) is 1. The number of rotatable bonds is 4. The number of amides is 1. The molecule has 1 fully saturated rings. The number of ether oxygens (including phenoxy) is 2. The van der Waals surface area contributed by atoms with Gasteiger partial charge in [-0.2, -0.15) is 0 Å². The highest BCUT2D eigenvalue weighted by atomic mass is 79.9. The van der Waals surface area contributed by atoms with Gasteiger partial charge in [-0.3, -0.25) is 4.79 Å². The van der Waals surface area contributed by atoms with E-state index in [1.165, 1.54) is 4.90 Å². The molecule has 0 saturated carbocycles. The number of carboxylic acids is 1. The third-order valence-corrected chi connectivity index (χ3v) is 3.58. The van der Waals surface area contributed by atoms with Crippen LogP contribution in [0.15, 0.2) is 22.7 Å². The Kier molecular flexibility index (Phi) is 5.42. The molecule has 1 atom stereocenters. The largest absolute Gasteiger partial charge is 0.491 e. The number of nitrogens with zero attached hydrogens (tertiary/aromatic N) is 1. The summed E-state index contributed by atoms with van der Waals surface area (Å²) in [4.78, 5) is 25.0. The SMILES string of the molecule is CC(C)Oc1cc(Br)cc(C(=O)N2CCOC(C(=O)O)C2)c1. The first-order valence-electron chi connectivity index (χ1n) is 6.97. The molecule has 1 amide bonds. The Morgan fingerprint density at radius 1 is 1.41 bits per heavy atom. The summed E-state index contributed by atoms with van der Waals surface area (Å²) in [5.74, 6) is -0.698. The molecule has 1 aliphatic heterocycles. The molecule has 0 aromatic heterocycles. The van der Waals surface area contributed by atoms with Crippen molar-refractivity contribution in [2.75, 3.05) is 19.7 Å². The summed E-state index contributed by atoms with van der Waals surface area (Å²) in [7, 11) is 0. The van der Waals surface area contributed by atoms with E-state index >= 15 is 0 Å². The van der Waals surface area contributed by atoms with Gasteiger partial charge >= 0.3 is 5.97 Å². The van der Waals surface area contributed by atoms with Crippen molar-refractivity contribution in [2.24, 2.45) is 0 Å². The monoisotopic (exact) mass is 371 g/mol. The lowest BCUT2D eigenvalue weighted by atomic mass is 10.1. The van der Waals surface area contributed by atoms with Gasteiger partial charge in [0.2, 0.25) is 0 Å². The van der Waals surface area contributed by atoms with Crippen molar-refractivity contribution in [1.82, 2.24) is 4.90 Å². The Morgan fingerprint density at radius 3 is 2.77 bits per heavy atom. The van der Waals surface area contributed by atoms with Gasteiger partial charge in [0.15, 0.2) is 6.10 Å². The second kappa shape index (κ2) is 7.11. The van der Waals surface area contributed by atoms with E-state index < -0.39 is 12.1 Å². The van der Waals surface area contributed by atoms with Crippen molar-refractivity contribution in [3.05, 3.63) is 28.2 Å². The lowest BCUT2D eigenvalue weighted by Crippen LogP contribution is -2.48. The minimum absolute atomic E-state index is 0.00275. The number of carbonyl (C=O) groups excluding carboxylic acids is 1. The van der Waals surface area contributed by atoms with Gasteiger partial charge in [-0.1, -0.05) is 15.9 Å². The fraction of sp³-hybridized carbons (Fsp3) is 0.467. The molecule has 0 spiro atoms. The molecule has 120 valence electrons. The molecule has 7 heteroatoms. The van der Waals surface area contributed by atoms with Crippen LogP contribution >= 0.6 is 15.9 Å². The lowest BCUT2D eigenvalue weighted by Gasteiger charge is -2.31. The van der Waals surface area contributed by atoms with Crippen molar-refractivity contribution in [3.8, 4) is 5.75 Å². The van der Waals surface area contributed by atoms with Gasteiger partial charge in [0.1, 0.15) is 5.75 Å². The summed E-state index contributed by atoms with van der Waals surface area (Å²) in [5.41, 5.74) is 0.455. The predicted octanol–water partition coefficient (Wildman–Crippen LogP) is 2.16. The lowest BCUT2D eigenvalue weighted by molar-refractivity contribution is -0.154. The van der Waals surface area contributed by atoms with Crippen LogP contribution in [0, 0.1) is 0 Å². The van der Waals surface area contributed by atoms with E-state index in [9.17, 15) is 9.59 Å². The molecular weight excluding hydrogens is 354 g/mol. The Morgan fingerprint density at radius 2 is 2.14 bits per heavy atom. The van der Waals surface area contributed by atoms with Gasteiger partial charge in [0.25, 0.3) is 5.91 Å². The molecule has 1 unspecified atom stereocenters. The fourth-order valence-corrected chi connectivity index (χ4v) is 2.66. The molecule has 1 aromatic rings. The molecule has 0 aliphatic carbocycles. The molecule has 1 N–H and O–H groups in total. The average molecular weight is 372 g/mol. The van der Waals surface area contributed by atoms with Gasteiger partial charge in [-0.15, -0.1) is 0 Å². The first-order chi connectivity index (χ1) is 10.4. The average Bonchev–Trinajstić information content (AvgIpc) is 2.45. The molecule has 2 rings (SSSR count). The van der Waals surface area contributed by atoms with Gasteiger partial charge < -0.3 is 19.5 Å². The minimum atomic E-state index is -1.06. The van der Waals surface area contributed by atoms with Crippen LogP contribution in [0.1, 0.15) is 24.2 Å². The summed E-state index contributed by atoms with van der Waals surface area (Å²) in [5, 5.41) is 9.01. The highest BCUT2D eigenvalue weighted by Crippen LogP contribution is 2.24. The van der Waals surface area contributed by atoms with Crippen LogP contribution < -0.4 is 4.74 Å². The zero-order chi connectivity index (χ0) is 16.3. The maximum atomic E-state index is 12.6. The van der Waals surface area contributed by atoms with Crippen LogP contribution in [0.3, 0.4) is 0 Å². The number of aliphatic carboxylic acids is 1. The van der Waals surface area contributed by atoms with Crippen molar-refractivity contribution >= 4 is 27.8 Å². The van der Waals surface area contributed by atoms with Gasteiger partial charge in [0.05, 0.1) is 19.3 Å². The zero-order valence-electron chi connectivity index (χ0n) is 12.4. The van der Waals surface area contributed by atoms with E-state index in [0.717, 1.165) is 4.47 Å². The zero-order valence-corrected chi connectivity index (χ0v) is 14.0. The van der Waals surface area contributed by atoms with Crippen molar-refractivity contribution in [1.29, 1.82) is 0 Å². The Balaban J connectivity index is 2.18. The first-order valence-corrected chi connectivity index (χ1v) is 7.77. The third-order valence-electron chi connectivity index (χ3n) is 3.12. The number of halogens is 1. The van der Waals surface area contributed by atoms with Crippen LogP contribution in [0.4, 0.5) is 0 Å². The standard InChI is InChI=1S/C15H18BrNO5/c1-9(2)22-12-6-10(5-11(16)7-12)14(18)17-3-4-21-13(8-17)15(19)20/h5-7,9,13H,3-4,8H2,1-2H3,(H,19,20). The van der Waals surface area contributed by atoms with E-state index in [0.29, 0.717) is 17.9 Å². The van der Waals surface area contributed by atoms with Crippen LogP contribution in [-0.2, 0) is 9.53 Å². The van der Waals surface area contributed by atoms with Crippen LogP contribution in [-0.4, -0.2) is 53.8 Å². The van der Waals surface area contributed by atoms with Crippen LogP contribution in [0.5, 0.6) is 5.75 Å².